The summed E-state index contributed by atoms with van der Waals surface area (Å²) in [6, 6.07) is 3.20. The zero-order valence-corrected chi connectivity index (χ0v) is 11.8. The quantitative estimate of drug-likeness (QED) is 0.900. The van der Waals surface area contributed by atoms with Crippen LogP contribution in [0.2, 0.25) is 0 Å². The van der Waals surface area contributed by atoms with E-state index in [1.165, 1.54) is 23.6 Å². The van der Waals surface area contributed by atoms with Crippen molar-refractivity contribution in [2.45, 2.75) is 26.2 Å². The van der Waals surface area contributed by atoms with Crippen molar-refractivity contribution in [2.24, 2.45) is 0 Å². The lowest BCUT2D eigenvalue weighted by molar-refractivity contribution is 0.0690. The lowest BCUT2D eigenvalue weighted by atomic mass is 9.93. The van der Waals surface area contributed by atoms with Gasteiger partial charge in [-0.15, -0.1) is 11.3 Å². The van der Waals surface area contributed by atoms with Crippen molar-refractivity contribution in [3.63, 3.8) is 0 Å². The Morgan fingerprint density at radius 2 is 2.16 bits per heavy atom. The number of pyridine rings is 1. The third-order valence-electron chi connectivity index (χ3n) is 2.50. The zero-order chi connectivity index (χ0) is 14.0. The highest BCUT2D eigenvalue weighted by Crippen LogP contribution is 2.28. The molecule has 2 N–H and O–H groups in total. The second-order valence-corrected chi connectivity index (χ2v) is 6.01. The first kappa shape index (κ1) is 13.5. The van der Waals surface area contributed by atoms with Crippen LogP contribution in [-0.4, -0.2) is 21.0 Å². The van der Waals surface area contributed by atoms with Crippen LogP contribution in [0.3, 0.4) is 0 Å². The summed E-state index contributed by atoms with van der Waals surface area (Å²) in [5, 5.41) is 14.7. The first-order valence-corrected chi connectivity index (χ1v) is 6.66. The molecule has 2 aromatic rings. The van der Waals surface area contributed by atoms with Crippen LogP contribution in [0.5, 0.6) is 0 Å². The molecule has 0 saturated heterocycles. The van der Waals surface area contributed by atoms with E-state index in [0.717, 1.165) is 10.8 Å². The molecule has 0 aliphatic rings. The molecule has 0 saturated carbocycles. The minimum atomic E-state index is -1.04. The number of hydrogen-bond acceptors (Lipinski definition) is 5. The molecule has 0 aliphatic heterocycles. The van der Waals surface area contributed by atoms with E-state index in [1.54, 1.807) is 6.07 Å². The summed E-state index contributed by atoms with van der Waals surface area (Å²) >= 11 is 1.50. The molecule has 2 aromatic heterocycles. The van der Waals surface area contributed by atoms with Crippen LogP contribution < -0.4 is 5.32 Å². The summed E-state index contributed by atoms with van der Waals surface area (Å²) in [4.78, 5) is 19.1. The molecule has 0 bridgehead atoms. The summed E-state index contributed by atoms with van der Waals surface area (Å²) in [6.45, 7) is 6.29. The number of nitrogens with zero attached hydrogens (tertiary/aromatic N) is 2. The normalized spacial score (nSPS) is 11.3. The Morgan fingerprint density at radius 3 is 2.74 bits per heavy atom. The first-order chi connectivity index (χ1) is 8.86. The first-order valence-electron chi connectivity index (χ1n) is 5.78. The number of rotatable bonds is 3. The van der Waals surface area contributed by atoms with Gasteiger partial charge in [0, 0.05) is 22.7 Å². The van der Waals surface area contributed by atoms with Gasteiger partial charge in [-0.25, -0.2) is 14.8 Å². The second kappa shape index (κ2) is 4.97. The summed E-state index contributed by atoms with van der Waals surface area (Å²) < 4.78 is 0. The van der Waals surface area contributed by atoms with Gasteiger partial charge in [0.05, 0.1) is 5.69 Å². The fourth-order valence-corrected chi connectivity index (χ4v) is 2.38. The lowest BCUT2D eigenvalue weighted by Gasteiger charge is -2.14. The number of carboxylic acids is 1. The van der Waals surface area contributed by atoms with Crippen LogP contribution in [0.4, 0.5) is 10.8 Å². The number of aromatic nitrogens is 2. The van der Waals surface area contributed by atoms with Gasteiger partial charge in [0.15, 0.2) is 5.13 Å². The molecule has 0 amide bonds. The minimum absolute atomic E-state index is 0.000891. The molecule has 0 spiro atoms. The largest absolute Gasteiger partial charge is 0.477 e. The van der Waals surface area contributed by atoms with Crippen molar-refractivity contribution >= 4 is 28.1 Å². The number of aromatic carboxylic acids is 1. The molecule has 0 aliphatic carbocycles. The third kappa shape index (κ3) is 3.29. The highest BCUT2D eigenvalue weighted by Gasteiger charge is 2.17. The van der Waals surface area contributed by atoms with E-state index in [1.807, 2.05) is 5.38 Å². The van der Waals surface area contributed by atoms with Gasteiger partial charge in [-0.1, -0.05) is 20.8 Å². The SMILES string of the molecule is CC(C)(C)c1csc(Nc2ccnc(C(=O)O)c2)n1. The molecular formula is C13H15N3O2S. The van der Waals surface area contributed by atoms with E-state index >= 15 is 0 Å². The number of thiazole rings is 1. The zero-order valence-electron chi connectivity index (χ0n) is 11.0. The van der Waals surface area contributed by atoms with Crippen LogP contribution in [0.15, 0.2) is 23.7 Å². The van der Waals surface area contributed by atoms with Gasteiger partial charge in [-0.2, -0.15) is 0 Å². The highest BCUT2D eigenvalue weighted by atomic mass is 32.1. The van der Waals surface area contributed by atoms with Gasteiger partial charge >= 0.3 is 5.97 Å². The maximum Gasteiger partial charge on any atom is 0.354 e. The van der Waals surface area contributed by atoms with E-state index in [-0.39, 0.29) is 11.1 Å². The molecule has 0 aromatic carbocycles. The molecule has 0 unspecified atom stereocenters. The van der Waals surface area contributed by atoms with Crippen molar-refractivity contribution in [3.05, 3.63) is 35.1 Å². The van der Waals surface area contributed by atoms with Crippen molar-refractivity contribution in [1.29, 1.82) is 0 Å². The molecule has 100 valence electrons. The second-order valence-electron chi connectivity index (χ2n) is 5.15. The van der Waals surface area contributed by atoms with Gasteiger partial charge < -0.3 is 10.4 Å². The molecule has 2 rings (SSSR count). The van der Waals surface area contributed by atoms with Gasteiger partial charge in [0.25, 0.3) is 0 Å². The summed E-state index contributed by atoms with van der Waals surface area (Å²) in [6.07, 6.45) is 1.46. The van der Waals surface area contributed by atoms with E-state index in [0.29, 0.717) is 5.69 Å². The fourth-order valence-electron chi connectivity index (χ4n) is 1.42. The molecular weight excluding hydrogens is 262 g/mol. The topological polar surface area (TPSA) is 75.1 Å². The number of hydrogen-bond donors (Lipinski definition) is 2. The average Bonchev–Trinajstić information content (AvgIpc) is 2.77. The van der Waals surface area contributed by atoms with Gasteiger partial charge in [0.2, 0.25) is 0 Å². The molecule has 2 heterocycles. The maximum absolute atomic E-state index is 10.8. The Balaban J connectivity index is 2.19. The Labute approximate surface area is 115 Å². The Hall–Kier alpha value is -1.95. The van der Waals surface area contributed by atoms with Crippen LogP contribution in [0, 0.1) is 0 Å². The monoisotopic (exact) mass is 277 g/mol. The number of anilines is 2. The van der Waals surface area contributed by atoms with Gasteiger partial charge in [0.1, 0.15) is 5.69 Å². The molecule has 0 radical (unpaired) electrons. The molecule has 6 heteroatoms. The Kier molecular flexibility index (Phi) is 3.53. The standard InChI is InChI=1S/C13H15N3O2S/c1-13(2,3)10-7-19-12(16-10)15-8-4-5-14-9(6-8)11(17)18/h4-7H,1-3H3,(H,17,18)(H,14,15,16). The highest BCUT2D eigenvalue weighted by molar-refractivity contribution is 7.13. The van der Waals surface area contributed by atoms with E-state index in [2.05, 4.69) is 36.1 Å². The number of carboxylic acid groups (broad SMARTS) is 1. The average molecular weight is 277 g/mol. The summed E-state index contributed by atoms with van der Waals surface area (Å²) in [5.74, 6) is -1.04. The van der Waals surface area contributed by atoms with Crippen molar-refractivity contribution < 1.29 is 9.90 Å². The smallest absolute Gasteiger partial charge is 0.354 e. The third-order valence-corrected chi connectivity index (χ3v) is 3.26. The van der Waals surface area contributed by atoms with E-state index < -0.39 is 5.97 Å². The number of nitrogens with one attached hydrogen (secondary N) is 1. The van der Waals surface area contributed by atoms with Crippen LogP contribution in [0.1, 0.15) is 37.0 Å². The molecule has 19 heavy (non-hydrogen) atoms. The van der Waals surface area contributed by atoms with Crippen molar-refractivity contribution in [1.82, 2.24) is 9.97 Å². The van der Waals surface area contributed by atoms with Gasteiger partial charge in [-0.3, -0.25) is 0 Å². The van der Waals surface area contributed by atoms with Gasteiger partial charge in [-0.05, 0) is 12.1 Å². The molecule has 5 nitrogen and oxygen atoms in total. The predicted molar refractivity (Wildman–Crippen MR) is 75.3 cm³/mol. The fraction of sp³-hybridized carbons (Fsp3) is 0.308. The van der Waals surface area contributed by atoms with Crippen LogP contribution in [0.25, 0.3) is 0 Å². The molecule has 0 atom stereocenters. The van der Waals surface area contributed by atoms with Crippen molar-refractivity contribution in [3.8, 4) is 0 Å². The predicted octanol–water partition coefficient (Wildman–Crippen LogP) is 3.28. The summed E-state index contributed by atoms with van der Waals surface area (Å²) in [5.41, 5.74) is 1.69. The Morgan fingerprint density at radius 1 is 1.42 bits per heavy atom. The Bertz CT molecular complexity index is 602. The maximum atomic E-state index is 10.8. The van der Waals surface area contributed by atoms with Crippen molar-refractivity contribution in [2.75, 3.05) is 5.32 Å². The minimum Gasteiger partial charge on any atom is -0.477 e. The summed E-state index contributed by atoms with van der Waals surface area (Å²) in [7, 11) is 0. The lowest BCUT2D eigenvalue weighted by Crippen LogP contribution is -2.11. The van der Waals surface area contributed by atoms with Crippen LogP contribution >= 0.6 is 11.3 Å². The van der Waals surface area contributed by atoms with E-state index in [4.69, 9.17) is 5.11 Å². The number of carbonyl (C=O) groups is 1. The molecule has 0 fully saturated rings. The van der Waals surface area contributed by atoms with Crippen LogP contribution in [-0.2, 0) is 5.41 Å². The van der Waals surface area contributed by atoms with E-state index in [9.17, 15) is 4.79 Å².